The SMILES string of the molecule is Cn1ccnc1CN1CCCN(C(=O)CCSC=Cc2ccccc2)CC1. The molecule has 1 aromatic heterocycles. The highest BCUT2D eigenvalue weighted by Crippen LogP contribution is 2.12. The molecular formula is C21H28N4OS. The fourth-order valence-electron chi connectivity index (χ4n) is 3.19. The van der Waals surface area contributed by atoms with E-state index in [0.29, 0.717) is 6.42 Å². The van der Waals surface area contributed by atoms with E-state index in [1.807, 2.05) is 42.5 Å². The summed E-state index contributed by atoms with van der Waals surface area (Å²) in [6, 6.07) is 10.2. The van der Waals surface area contributed by atoms with Crippen molar-refractivity contribution < 1.29 is 4.79 Å². The molecule has 144 valence electrons. The second-order valence-electron chi connectivity index (χ2n) is 6.80. The van der Waals surface area contributed by atoms with E-state index < -0.39 is 0 Å². The van der Waals surface area contributed by atoms with Crippen LogP contribution in [0.25, 0.3) is 6.08 Å². The zero-order valence-electron chi connectivity index (χ0n) is 16.0. The molecule has 0 unspecified atom stereocenters. The molecular weight excluding hydrogens is 356 g/mol. The molecule has 0 atom stereocenters. The first kappa shape index (κ1) is 19.7. The Labute approximate surface area is 166 Å². The number of amides is 1. The lowest BCUT2D eigenvalue weighted by Crippen LogP contribution is -2.35. The number of hydrogen-bond donors (Lipinski definition) is 0. The number of benzene rings is 1. The quantitative estimate of drug-likeness (QED) is 0.687. The number of thioether (sulfide) groups is 1. The molecule has 0 spiro atoms. The van der Waals surface area contributed by atoms with E-state index in [-0.39, 0.29) is 5.91 Å². The number of carbonyl (C=O) groups excluding carboxylic acids is 1. The van der Waals surface area contributed by atoms with Gasteiger partial charge < -0.3 is 9.47 Å². The van der Waals surface area contributed by atoms with Crippen LogP contribution in [0.2, 0.25) is 0 Å². The Morgan fingerprint density at radius 1 is 1.19 bits per heavy atom. The third-order valence-corrected chi connectivity index (χ3v) is 5.59. The summed E-state index contributed by atoms with van der Waals surface area (Å²) in [5.74, 6) is 2.18. The number of nitrogens with zero attached hydrogens (tertiary/aromatic N) is 4. The summed E-state index contributed by atoms with van der Waals surface area (Å²) in [6.07, 6.45) is 7.54. The molecule has 0 aliphatic carbocycles. The van der Waals surface area contributed by atoms with Gasteiger partial charge in [0, 0.05) is 57.8 Å². The summed E-state index contributed by atoms with van der Waals surface area (Å²) in [6.45, 7) is 4.46. The normalized spacial score (nSPS) is 16.0. The lowest BCUT2D eigenvalue weighted by atomic mass is 10.2. The molecule has 1 aromatic carbocycles. The lowest BCUT2D eigenvalue weighted by molar-refractivity contribution is -0.130. The Morgan fingerprint density at radius 2 is 2.04 bits per heavy atom. The molecule has 0 radical (unpaired) electrons. The van der Waals surface area contributed by atoms with Gasteiger partial charge in [-0.3, -0.25) is 9.69 Å². The van der Waals surface area contributed by atoms with Gasteiger partial charge in [0.15, 0.2) is 0 Å². The molecule has 5 nitrogen and oxygen atoms in total. The zero-order chi connectivity index (χ0) is 18.9. The van der Waals surface area contributed by atoms with Gasteiger partial charge in [0.1, 0.15) is 5.82 Å². The van der Waals surface area contributed by atoms with Crippen molar-refractivity contribution in [1.29, 1.82) is 0 Å². The Kier molecular flexibility index (Phi) is 7.54. The van der Waals surface area contributed by atoms with Gasteiger partial charge in [-0.25, -0.2) is 4.98 Å². The van der Waals surface area contributed by atoms with Crippen LogP contribution in [0.5, 0.6) is 0 Å². The largest absolute Gasteiger partial charge is 0.341 e. The van der Waals surface area contributed by atoms with E-state index >= 15 is 0 Å². The van der Waals surface area contributed by atoms with E-state index in [2.05, 4.69) is 38.1 Å². The molecule has 2 aromatic rings. The molecule has 2 heterocycles. The predicted molar refractivity (Wildman–Crippen MR) is 112 cm³/mol. The zero-order valence-corrected chi connectivity index (χ0v) is 16.8. The Hall–Kier alpha value is -2.05. The molecule has 1 saturated heterocycles. The minimum Gasteiger partial charge on any atom is -0.341 e. The number of rotatable bonds is 7. The van der Waals surface area contributed by atoms with Crippen LogP contribution in [0, 0.1) is 0 Å². The van der Waals surface area contributed by atoms with Crippen molar-refractivity contribution in [1.82, 2.24) is 19.4 Å². The standard InChI is InChI=1S/C21H28N4OS/c1-23-13-10-22-20(23)18-24-11-5-12-25(15-14-24)21(26)9-17-27-16-8-19-6-3-2-4-7-19/h2-4,6-8,10,13,16H,5,9,11-12,14-15,17-18H2,1H3. The molecule has 0 bridgehead atoms. The summed E-state index contributed by atoms with van der Waals surface area (Å²) < 4.78 is 2.06. The van der Waals surface area contributed by atoms with Gasteiger partial charge >= 0.3 is 0 Å². The van der Waals surface area contributed by atoms with E-state index in [9.17, 15) is 4.79 Å². The van der Waals surface area contributed by atoms with Crippen molar-refractivity contribution in [3.63, 3.8) is 0 Å². The Balaban J connectivity index is 1.37. The summed E-state index contributed by atoms with van der Waals surface area (Å²) in [4.78, 5) is 21.3. The summed E-state index contributed by atoms with van der Waals surface area (Å²) in [5.41, 5.74) is 1.19. The fraction of sp³-hybridized carbons (Fsp3) is 0.429. The van der Waals surface area contributed by atoms with Crippen LogP contribution in [-0.4, -0.2) is 57.2 Å². The van der Waals surface area contributed by atoms with Gasteiger partial charge in [-0.05, 0) is 23.5 Å². The van der Waals surface area contributed by atoms with Crippen molar-refractivity contribution in [2.45, 2.75) is 19.4 Å². The van der Waals surface area contributed by atoms with E-state index in [1.54, 1.807) is 11.8 Å². The number of imidazole rings is 1. The number of aryl methyl sites for hydroxylation is 1. The maximum absolute atomic E-state index is 12.5. The minimum absolute atomic E-state index is 0.273. The fourth-order valence-corrected chi connectivity index (χ4v) is 3.87. The highest BCUT2D eigenvalue weighted by Gasteiger charge is 2.19. The molecule has 1 amide bonds. The maximum atomic E-state index is 12.5. The van der Waals surface area contributed by atoms with E-state index in [0.717, 1.165) is 50.7 Å². The molecule has 1 fully saturated rings. The van der Waals surface area contributed by atoms with Gasteiger partial charge in [-0.1, -0.05) is 30.3 Å². The second-order valence-corrected chi connectivity index (χ2v) is 7.81. The van der Waals surface area contributed by atoms with Gasteiger partial charge in [0.2, 0.25) is 5.91 Å². The smallest absolute Gasteiger partial charge is 0.223 e. The molecule has 6 heteroatoms. The van der Waals surface area contributed by atoms with Crippen LogP contribution in [-0.2, 0) is 18.4 Å². The topological polar surface area (TPSA) is 41.4 Å². The van der Waals surface area contributed by atoms with Gasteiger partial charge in [0.25, 0.3) is 0 Å². The van der Waals surface area contributed by atoms with Crippen LogP contribution < -0.4 is 0 Å². The summed E-state index contributed by atoms with van der Waals surface area (Å²) >= 11 is 1.70. The number of aromatic nitrogens is 2. The van der Waals surface area contributed by atoms with E-state index in [1.165, 1.54) is 5.56 Å². The second kappa shape index (κ2) is 10.3. The molecule has 1 aliphatic rings. The Bertz CT molecular complexity index is 744. The van der Waals surface area contributed by atoms with Crippen molar-refractivity contribution in [2.24, 2.45) is 7.05 Å². The average molecular weight is 385 g/mol. The van der Waals surface area contributed by atoms with Crippen LogP contribution in [0.1, 0.15) is 24.2 Å². The van der Waals surface area contributed by atoms with Crippen molar-refractivity contribution >= 4 is 23.7 Å². The van der Waals surface area contributed by atoms with Crippen LogP contribution in [0.4, 0.5) is 0 Å². The van der Waals surface area contributed by atoms with E-state index in [4.69, 9.17) is 0 Å². The van der Waals surface area contributed by atoms with Gasteiger partial charge in [-0.2, -0.15) is 0 Å². The summed E-state index contributed by atoms with van der Waals surface area (Å²) in [7, 11) is 2.03. The van der Waals surface area contributed by atoms with Crippen LogP contribution in [0.3, 0.4) is 0 Å². The number of carbonyl (C=O) groups is 1. The van der Waals surface area contributed by atoms with Gasteiger partial charge in [-0.15, -0.1) is 11.8 Å². The number of hydrogen-bond acceptors (Lipinski definition) is 4. The first-order valence-electron chi connectivity index (χ1n) is 9.52. The molecule has 3 rings (SSSR count). The molecule has 1 aliphatic heterocycles. The predicted octanol–water partition coefficient (Wildman–Crippen LogP) is 3.25. The first-order chi connectivity index (χ1) is 13.2. The lowest BCUT2D eigenvalue weighted by Gasteiger charge is -2.21. The average Bonchev–Trinajstić information content (AvgIpc) is 2.94. The van der Waals surface area contributed by atoms with Crippen molar-refractivity contribution in [3.8, 4) is 0 Å². The minimum atomic E-state index is 0.273. The van der Waals surface area contributed by atoms with Crippen molar-refractivity contribution in [2.75, 3.05) is 31.9 Å². The van der Waals surface area contributed by atoms with Crippen LogP contribution in [0.15, 0.2) is 48.1 Å². The molecule has 0 N–H and O–H groups in total. The third-order valence-electron chi connectivity index (χ3n) is 4.82. The molecule has 0 saturated carbocycles. The highest BCUT2D eigenvalue weighted by atomic mass is 32.2. The van der Waals surface area contributed by atoms with Crippen molar-refractivity contribution in [3.05, 3.63) is 59.5 Å². The summed E-state index contributed by atoms with van der Waals surface area (Å²) in [5, 5.41) is 2.08. The maximum Gasteiger partial charge on any atom is 0.223 e. The monoisotopic (exact) mass is 384 g/mol. The third kappa shape index (κ3) is 6.26. The van der Waals surface area contributed by atoms with Gasteiger partial charge in [0.05, 0.1) is 6.54 Å². The van der Waals surface area contributed by atoms with Crippen LogP contribution >= 0.6 is 11.8 Å². The molecule has 27 heavy (non-hydrogen) atoms. The first-order valence-corrected chi connectivity index (χ1v) is 10.6. The Morgan fingerprint density at radius 3 is 2.81 bits per heavy atom. The highest BCUT2D eigenvalue weighted by molar-refractivity contribution is 8.02.